The van der Waals surface area contributed by atoms with Gasteiger partial charge in [0.1, 0.15) is 16.1 Å². The lowest BCUT2D eigenvalue weighted by Gasteiger charge is -2.26. The molecule has 0 aliphatic carbocycles. The topological polar surface area (TPSA) is 61.3 Å². The summed E-state index contributed by atoms with van der Waals surface area (Å²) in [5, 5.41) is 12.0. The van der Waals surface area contributed by atoms with E-state index in [-0.39, 0.29) is 17.7 Å². The van der Waals surface area contributed by atoms with Crippen molar-refractivity contribution in [1.29, 1.82) is 0 Å². The molecule has 0 fully saturated rings. The van der Waals surface area contributed by atoms with Gasteiger partial charge in [0, 0.05) is 18.8 Å². The Balaban J connectivity index is 2.51. The SMILES string of the molecule is C=C(C)CN(c1ccc(F)cc1)c1nc(Cl)nc(NCCO)c1Br. The normalized spacial score (nSPS) is 10.5. The van der Waals surface area contributed by atoms with E-state index in [1.54, 1.807) is 12.1 Å². The second-order valence-corrected chi connectivity index (χ2v) is 6.28. The van der Waals surface area contributed by atoms with Gasteiger partial charge in [0.25, 0.3) is 0 Å². The van der Waals surface area contributed by atoms with Gasteiger partial charge in [0.15, 0.2) is 5.82 Å². The third-order valence-corrected chi connectivity index (χ3v) is 3.93. The first-order valence-corrected chi connectivity index (χ1v) is 8.34. The maximum Gasteiger partial charge on any atom is 0.226 e. The van der Waals surface area contributed by atoms with E-state index in [2.05, 4.69) is 37.8 Å². The molecule has 0 aliphatic heterocycles. The number of benzene rings is 1. The molecule has 0 saturated carbocycles. The average Bonchev–Trinajstić information content (AvgIpc) is 2.54. The number of aliphatic hydroxyl groups excluding tert-OH is 1. The molecule has 0 saturated heterocycles. The zero-order valence-electron chi connectivity index (χ0n) is 13.1. The lowest BCUT2D eigenvalue weighted by Crippen LogP contribution is -2.22. The summed E-state index contributed by atoms with van der Waals surface area (Å²) in [6, 6.07) is 6.06. The van der Waals surface area contributed by atoms with Gasteiger partial charge in [-0.3, -0.25) is 0 Å². The Labute approximate surface area is 153 Å². The fraction of sp³-hybridized carbons (Fsp3) is 0.250. The fourth-order valence-corrected chi connectivity index (χ4v) is 2.75. The Bertz CT molecular complexity index is 727. The molecule has 8 heteroatoms. The van der Waals surface area contributed by atoms with Crippen LogP contribution in [0.5, 0.6) is 0 Å². The number of nitrogens with one attached hydrogen (secondary N) is 1. The number of aromatic nitrogens is 2. The van der Waals surface area contributed by atoms with Gasteiger partial charge >= 0.3 is 0 Å². The minimum absolute atomic E-state index is 0.0448. The van der Waals surface area contributed by atoms with Crippen molar-refractivity contribution in [3.05, 3.63) is 52.0 Å². The van der Waals surface area contributed by atoms with Crippen LogP contribution in [0.3, 0.4) is 0 Å². The van der Waals surface area contributed by atoms with Gasteiger partial charge in [-0.05, 0) is 58.7 Å². The summed E-state index contributed by atoms with van der Waals surface area (Å²) in [7, 11) is 0. The highest BCUT2D eigenvalue weighted by molar-refractivity contribution is 9.10. The van der Waals surface area contributed by atoms with E-state index in [4.69, 9.17) is 16.7 Å². The first-order chi connectivity index (χ1) is 11.4. The summed E-state index contributed by atoms with van der Waals surface area (Å²) in [6.07, 6.45) is 0. The van der Waals surface area contributed by atoms with Crippen LogP contribution in [0.2, 0.25) is 5.28 Å². The van der Waals surface area contributed by atoms with Gasteiger partial charge in [-0.2, -0.15) is 9.97 Å². The van der Waals surface area contributed by atoms with E-state index >= 15 is 0 Å². The molecule has 2 rings (SSSR count). The molecule has 128 valence electrons. The molecule has 0 unspecified atom stereocenters. The standard InChI is InChI=1S/C16H17BrClFN4O/c1-10(2)9-23(12-5-3-11(19)4-6-12)15-13(17)14(20-7-8-24)21-16(18)22-15/h3-6,24H,1,7-9H2,2H3,(H,20,21,22). The molecule has 0 amide bonds. The molecule has 0 radical (unpaired) electrons. The maximum absolute atomic E-state index is 13.2. The van der Waals surface area contributed by atoms with E-state index in [9.17, 15) is 4.39 Å². The Morgan fingerprint density at radius 1 is 1.38 bits per heavy atom. The molecule has 5 nitrogen and oxygen atoms in total. The first kappa shape index (κ1) is 18.6. The van der Waals surface area contributed by atoms with Crippen molar-refractivity contribution in [2.45, 2.75) is 6.92 Å². The molecular weight excluding hydrogens is 399 g/mol. The maximum atomic E-state index is 13.2. The van der Waals surface area contributed by atoms with Crippen LogP contribution in [0.4, 0.5) is 21.7 Å². The lowest BCUT2D eigenvalue weighted by atomic mass is 10.2. The molecule has 0 aliphatic rings. The molecule has 24 heavy (non-hydrogen) atoms. The zero-order chi connectivity index (χ0) is 17.7. The van der Waals surface area contributed by atoms with Crippen molar-refractivity contribution in [3.63, 3.8) is 0 Å². The Morgan fingerprint density at radius 2 is 2.04 bits per heavy atom. The van der Waals surface area contributed by atoms with E-state index in [1.807, 2.05) is 11.8 Å². The third kappa shape index (κ3) is 4.66. The second-order valence-electron chi connectivity index (χ2n) is 5.15. The molecule has 0 atom stereocenters. The van der Waals surface area contributed by atoms with Crippen LogP contribution >= 0.6 is 27.5 Å². The van der Waals surface area contributed by atoms with Gasteiger partial charge in [0.2, 0.25) is 5.28 Å². The van der Waals surface area contributed by atoms with Gasteiger partial charge in [-0.15, -0.1) is 0 Å². The van der Waals surface area contributed by atoms with Crippen molar-refractivity contribution in [3.8, 4) is 0 Å². The highest BCUT2D eigenvalue weighted by Crippen LogP contribution is 2.36. The van der Waals surface area contributed by atoms with Crippen molar-refractivity contribution >= 4 is 44.9 Å². The van der Waals surface area contributed by atoms with Crippen molar-refractivity contribution in [1.82, 2.24) is 9.97 Å². The fourth-order valence-electron chi connectivity index (χ4n) is 2.06. The van der Waals surface area contributed by atoms with Gasteiger partial charge in [0.05, 0.1) is 6.61 Å². The van der Waals surface area contributed by atoms with Crippen molar-refractivity contribution in [2.75, 3.05) is 29.9 Å². The molecule has 1 aromatic heterocycles. The van der Waals surface area contributed by atoms with Crippen molar-refractivity contribution < 1.29 is 9.50 Å². The summed E-state index contributed by atoms with van der Waals surface area (Å²) in [6.45, 7) is 6.56. The van der Waals surface area contributed by atoms with Crippen molar-refractivity contribution in [2.24, 2.45) is 0 Å². The van der Waals surface area contributed by atoms with Crippen LogP contribution in [0.1, 0.15) is 6.92 Å². The lowest BCUT2D eigenvalue weighted by molar-refractivity contribution is 0.311. The van der Waals surface area contributed by atoms with E-state index in [0.29, 0.717) is 29.2 Å². The van der Waals surface area contributed by atoms with Crippen LogP contribution in [-0.4, -0.2) is 34.8 Å². The molecule has 0 bridgehead atoms. The summed E-state index contributed by atoms with van der Waals surface area (Å²) < 4.78 is 13.8. The minimum Gasteiger partial charge on any atom is -0.395 e. The first-order valence-electron chi connectivity index (χ1n) is 7.17. The monoisotopic (exact) mass is 414 g/mol. The van der Waals surface area contributed by atoms with Crippen LogP contribution in [0, 0.1) is 5.82 Å². The Kier molecular flexibility index (Phi) is 6.53. The number of halogens is 3. The largest absolute Gasteiger partial charge is 0.395 e. The van der Waals surface area contributed by atoms with E-state index in [0.717, 1.165) is 11.3 Å². The predicted molar refractivity (Wildman–Crippen MR) is 98.5 cm³/mol. The minimum atomic E-state index is -0.320. The zero-order valence-corrected chi connectivity index (χ0v) is 15.4. The summed E-state index contributed by atoms with van der Waals surface area (Å²) in [4.78, 5) is 10.3. The Hall–Kier alpha value is -1.70. The molecule has 2 N–H and O–H groups in total. The summed E-state index contributed by atoms with van der Waals surface area (Å²) in [5.74, 6) is 0.664. The number of rotatable bonds is 7. The van der Waals surface area contributed by atoms with Crippen LogP contribution in [0.15, 0.2) is 40.9 Å². The number of aliphatic hydroxyl groups is 1. The predicted octanol–water partition coefficient (Wildman–Crippen LogP) is 4.15. The van der Waals surface area contributed by atoms with Crippen LogP contribution in [0.25, 0.3) is 0 Å². The van der Waals surface area contributed by atoms with Gasteiger partial charge in [-0.1, -0.05) is 12.2 Å². The quantitative estimate of drug-likeness (QED) is 0.525. The number of nitrogens with zero attached hydrogens (tertiary/aromatic N) is 3. The molecule has 1 aromatic carbocycles. The van der Waals surface area contributed by atoms with Crippen LogP contribution < -0.4 is 10.2 Å². The van der Waals surface area contributed by atoms with Gasteiger partial charge < -0.3 is 15.3 Å². The number of hydrogen-bond donors (Lipinski definition) is 2. The van der Waals surface area contributed by atoms with Gasteiger partial charge in [-0.25, -0.2) is 4.39 Å². The molecule has 0 spiro atoms. The Morgan fingerprint density at radius 3 is 2.62 bits per heavy atom. The average molecular weight is 416 g/mol. The third-order valence-electron chi connectivity index (χ3n) is 3.03. The number of hydrogen-bond acceptors (Lipinski definition) is 5. The molecular formula is C16H17BrClFN4O. The molecule has 1 heterocycles. The number of anilines is 3. The van der Waals surface area contributed by atoms with E-state index < -0.39 is 0 Å². The second kappa shape index (κ2) is 8.41. The molecule has 2 aromatic rings. The smallest absolute Gasteiger partial charge is 0.226 e. The highest BCUT2D eigenvalue weighted by atomic mass is 79.9. The van der Waals surface area contributed by atoms with Crippen LogP contribution in [-0.2, 0) is 0 Å². The highest BCUT2D eigenvalue weighted by Gasteiger charge is 2.19. The summed E-state index contributed by atoms with van der Waals surface area (Å²) >= 11 is 9.51. The summed E-state index contributed by atoms with van der Waals surface area (Å²) in [5.41, 5.74) is 1.63. The van der Waals surface area contributed by atoms with E-state index in [1.165, 1.54) is 12.1 Å².